The van der Waals surface area contributed by atoms with Crippen molar-refractivity contribution >= 4 is 11.9 Å². The predicted molar refractivity (Wildman–Crippen MR) is 106 cm³/mol. The average Bonchev–Trinajstić information content (AvgIpc) is 3.21. The fourth-order valence-electron chi connectivity index (χ4n) is 2.89. The zero-order valence-electron chi connectivity index (χ0n) is 17.0. The Hall–Kier alpha value is -3.27. The summed E-state index contributed by atoms with van der Waals surface area (Å²) in [4.78, 5) is 24.4. The van der Waals surface area contributed by atoms with Gasteiger partial charge in [-0.3, -0.25) is 9.59 Å². The molecule has 2 heterocycles. The minimum atomic E-state index is -0.463. The van der Waals surface area contributed by atoms with Crippen molar-refractivity contribution in [3.8, 4) is 5.75 Å². The minimum Gasteiger partial charge on any atom is -0.497 e. The van der Waals surface area contributed by atoms with Gasteiger partial charge in [0, 0.05) is 19.9 Å². The maximum atomic E-state index is 12.2. The van der Waals surface area contributed by atoms with Crippen LogP contribution in [0.15, 0.2) is 36.4 Å². The second-order valence-corrected chi connectivity index (χ2v) is 6.75. The fourth-order valence-corrected chi connectivity index (χ4v) is 2.89. The maximum absolute atomic E-state index is 12.2. The number of amides is 1. The van der Waals surface area contributed by atoms with Crippen LogP contribution in [0.4, 0.5) is 0 Å². The third kappa shape index (κ3) is 6.38. The van der Waals surface area contributed by atoms with E-state index in [1.807, 2.05) is 36.4 Å². The predicted octanol–water partition coefficient (Wildman–Crippen LogP) is 0.990. The number of nitrogens with one attached hydrogen (secondary N) is 1. The Kier molecular flexibility index (Phi) is 7.50. The topological polar surface area (TPSA) is 117 Å². The first-order valence-electron chi connectivity index (χ1n) is 9.67. The van der Waals surface area contributed by atoms with E-state index in [0.717, 1.165) is 11.3 Å². The number of aromatic nitrogens is 4. The second-order valence-electron chi connectivity index (χ2n) is 6.75. The number of hydrogen-bond acceptors (Lipinski definition) is 8. The smallest absolute Gasteiger partial charge is 0.302 e. The number of carbonyl (C=O) groups is 2. The molecule has 1 amide bonds. The number of methoxy groups -OCH3 is 1. The molecule has 30 heavy (non-hydrogen) atoms. The van der Waals surface area contributed by atoms with Gasteiger partial charge in [0.25, 0.3) is 0 Å². The molecule has 3 rings (SSSR count). The van der Waals surface area contributed by atoms with Crippen LogP contribution in [0.5, 0.6) is 5.75 Å². The molecule has 2 atom stereocenters. The van der Waals surface area contributed by atoms with Crippen molar-refractivity contribution in [2.24, 2.45) is 0 Å². The molecule has 0 bridgehead atoms. The number of benzene rings is 1. The highest BCUT2D eigenvalue weighted by Crippen LogP contribution is 2.20. The number of rotatable bonds is 9. The van der Waals surface area contributed by atoms with Crippen molar-refractivity contribution in [2.75, 3.05) is 20.3 Å². The number of ether oxygens (including phenoxy) is 3. The third-order valence-corrected chi connectivity index (χ3v) is 4.41. The molecule has 1 aromatic carbocycles. The first kappa shape index (κ1) is 21.4. The molecule has 0 spiro atoms. The Bertz CT molecular complexity index is 880. The van der Waals surface area contributed by atoms with Crippen molar-refractivity contribution < 1.29 is 23.8 Å². The second kappa shape index (κ2) is 10.5. The largest absolute Gasteiger partial charge is 0.497 e. The van der Waals surface area contributed by atoms with E-state index in [1.165, 1.54) is 11.7 Å². The summed E-state index contributed by atoms with van der Waals surface area (Å²) in [6.07, 6.45) is 4.20. The molecule has 0 radical (unpaired) electrons. The lowest BCUT2D eigenvalue weighted by molar-refractivity contribution is -0.148. The van der Waals surface area contributed by atoms with Gasteiger partial charge in [0.15, 0.2) is 12.1 Å². The standard InChI is InChI=1S/C20H25N5O5/c1-14(26)29-13-17-4-3-5-20(30-17)25-23-18(22-24-25)12-19(27)21-11-10-15-6-8-16(28-2)9-7-15/h3-4,6-9,17,20H,5,10-13H2,1-2H3,(H,21,27). The van der Waals surface area contributed by atoms with E-state index in [9.17, 15) is 9.59 Å². The summed E-state index contributed by atoms with van der Waals surface area (Å²) < 4.78 is 15.9. The lowest BCUT2D eigenvalue weighted by Crippen LogP contribution is -2.29. The minimum absolute atomic E-state index is 0.0298. The Morgan fingerprint density at radius 1 is 1.30 bits per heavy atom. The highest BCUT2D eigenvalue weighted by molar-refractivity contribution is 5.77. The van der Waals surface area contributed by atoms with Crippen LogP contribution in [-0.4, -0.2) is 58.4 Å². The molecule has 1 N–H and O–H groups in total. The third-order valence-electron chi connectivity index (χ3n) is 4.41. The van der Waals surface area contributed by atoms with Crippen molar-refractivity contribution in [2.45, 2.75) is 38.5 Å². The zero-order valence-corrected chi connectivity index (χ0v) is 17.0. The fraction of sp³-hybridized carbons (Fsp3) is 0.450. The molecule has 160 valence electrons. The normalized spacial score (nSPS) is 18.1. The molecular formula is C20H25N5O5. The van der Waals surface area contributed by atoms with E-state index in [2.05, 4.69) is 20.7 Å². The van der Waals surface area contributed by atoms with Crippen LogP contribution >= 0.6 is 0 Å². The van der Waals surface area contributed by atoms with E-state index >= 15 is 0 Å². The van der Waals surface area contributed by atoms with E-state index in [0.29, 0.717) is 25.2 Å². The Morgan fingerprint density at radius 3 is 2.83 bits per heavy atom. The van der Waals surface area contributed by atoms with Crippen LogP contribution < -0.4 is 10.1 Å². The van der Waals surface area contributed by atoms with Gasteiger partial charge < -0.3 is 19.5 Å². The van der Waals surface area contributed by atoms with Crippen LogP contribution in [0, 0.1) is 0 Å². The summed E-state index contributed by atoms with van der Waals surface area (Å²) in [6, 6.07) is 7.70. The molecule has 1 aliphatic rings. The first-order chi connectivity index (χ1) is 14.5. The van der Waals surface area contributed by atoms with Gasteiger partial charge in [-0.25, -0.2) is 0 Å². The van der Waals surface area contributed by atoms with Crippen molar-refractivity contribution in [3.05, 3.63) is 47.8 Å². The van der Waals surface area contributed by atoms with Gasteiger partial charge in [0.2, 0.25) is 5.91 Å². The molecule has 1 aliphatic heterocycles. The molecular weight excluding hydrogens is 390 g/mol. The SMILES string of the molecule is COc1ccc(CCNC(=O)Cc2nnn(C3CC=CC(COC(C)=O)O3)n2)cc1. The number of tetrazole rings is 1. The summed E-state index contributed by atoms with van der Waals surface area (Å²) in [5.41, 5.74) is 1.10. The van der Waals surface area contributed by atoms with E-state index in [4.69, 9.17) is 14.2 Å². The lowest BCUT2D eigenvalue weighted by Gasteiger charge is -2.24. The monoisotopic (exact) mass is 415 g/mol. The molecule has 10 heteroatoms. The number of hydrogen-bond donors (Lipinski definition) is 1. The van der Waals surface area contributed by atoms with Gasteiger partial charge in [-0.2, -0.15) is 0 Å². The summed E-state index contributed by atoms with van der Waals surface area (Å²) >= 11 is 0. The highest BCUT2D eigenvalue weighted by Gasteiger charge is 2.23. The van der Waals surface area contributed by atoms with Crippen LogP contribution in [0.3, 0.4) is 0 Å². The van der Waals surface area contributed by atoms with Crippen LogP contribution in [-0.2, 0) is 31.9 Å². The van der Waals surface area contributed by atoms with Gasteiger partial charge in [-0.1, -0.05) is 24.3 Å². The van der Waals surface area contributed by atoms with E-state index in [-0.39, 0.29) is 31.0 Å². The zero-order chi connectivity index (χ0) is 21.3. The first-order valence-corrected chi connectivity index (χ1v) is 9.67. The van der Waals surface area contributed by atoms with Gasteiger partial charge in [-0.05, 0) is 29.3 Å². The van der Waals surface area contributed by atoms with Crippen molar-refractivity contribution in [3.63, 3.8) is 0 Å². The molecule has 10 nitrogen and oxygen atoms in total. The quantitative estimate of drug-likeness (QED) is 0.476. The van der Waals surface area contributed by atoms with Gasteiger partial charge in [0.05, 0.1) is 13.5 Å². The summed E-state index contributed by atoms with van der Waals surface area (Å²) in [5.74, 6) is 0.562. The molecule has 2 unspecified atom stereocenters. The van der Waals surface area contributed by atoms with Gasteiger partial charge in [0.1, 0.15) is 18.5 Å². The Labute approximate surface area is 174 Å². The molecule has 0 aliphatic carbocycles. The highest BCUT2D eigenvalue weighted by atomic mass is 16.6. The van der Waals surface area contributed by atoms with Gasteiger partial charge in [-0.15, -0.1) is 15.0 Å². The van der Waals surface area contributed by atoms with E-state index in [1.54, 1.807) is 7.11 Å². The summed E-state index contributed by atoms with van der Waals surface area (Å²) in [7, 11) is 1.62. The Morgan fingerprint density at radius 2 is 2.10 bits per heavy atom. The van der Waals surface area contributed by atoms with Crippen molar-refractivity contribution in [1.29, 1.82) is 0 Å². The average molecular weight is 415 g/mol. The summed E-state index contributed by atoms with van der Waals surface area (Å²) in [5, 5.41) is 15.0. The number of carbonyl (C=O) groups excluding carboxylic acids is 2. The number of esters is 1. The molecule has 1 aromatic heterocycles. The van der Waals surface area contributed by atoms with Crippen LogP contribution in [0.1, 0.15) is 31.0 Å². The van der Waals surface area contributed by atoms with Crippen molar-refractivity contribution in [1.82, 2.24) is 25.5 Å². The molecule has 0 saturated carbocycles. The lowest BCUT2D eigenvalue weighted by atomic mass is 10.1. The maximum Gasteiger partial charge on any atom is 0.302 e. The molecule has 0 fully saturated rings. The molecule has 2 aromatic rings. The van der Waals surface area contributed by atoms with E-state index < -0.39 is 6.23 Å². The number of nitrogens with zero attached hydrogens (tertiary/aromatic N) is 4. The Balaban J connectivity index is 1.43. The van der Waals surface area contributed by atoms with Gasteiger partial charge >= 0.3 is 5.97 Å². The molecule has 0 saturated heterocycles. The summed E-state index contributed by atoms with van der Waals surface area (Å²) in [6.45, 7) is 1.98. The van der Waals surface area contributed by atoms with Crippen LogP contribution in [0.2, 0.25) is 0 Å². The van der Waals surface area contributed by atoms with Crippen LogP contribution in [0.25, 0.3) is 0 Å².